The average Bonchev–Trinajstić information content (AvgIpc) is 2.23. The van der Waals surface area contributed by atoms with Crippen molar-refractivity contribution in [1.29, 1.82) is 0 Å². The van der Waals surface area contributed by atoms with Crippen LogP contribution in [-0.2, 0) is 37.0 Å². The molecule has 0 aromatic carbocycles. The third-order valence-electron chi connectivity index (χ3n) is 2.39. The van der Waals surface area contributed by atoms with Crippen molar-refractivity contribution in [3.05, 3.63) is 0 Å². The van der Waals surface area contributed by atoms with E-state index in [1.54, 1.807) is 0 Å². The standard InChI is InChI=1S/CH3Cl2P.5CHO.Mo/c1-4(2)3;5*1-2;/h1H3;5*1H;/q;;;;;;-1/p+1. The normalized spacial score (nSPS) is 17.8. The summed E-state index contributed by atoms with van der Waals surface area (Å²) in [5.74, 6) is 0. The molecule has 0 heterocycles. The number of carbonyl (C=O) groups is 5. The van der Waals surface area contributed by atoms with E-state index in [0.717, 1.165) is 6.66 Å². The molecule has 0 fully saturated rings. The van der Waals surface area contributed by atoms with Gasteiger partial charge in [-0.05, 0) is 0 Å². The Bertz CT molecular complexity index is 303. The summed E-state index contributed by atoms with van der Waals surface area (Å²) in [6.07, 6.45) is 0. The van der Waals surface area contributed by atoms with Gasteiger partial charge in [0.05, 0.1) is 0 Å². The van der Waals surface area contributed by atoms with Gasteiger partial charge in [-0.2, -0.15) is 0 Å². The molecule has 15 heavy (non-hydrogen) atoms. The molecule has 9 heteroatoms. The van der Waals surface area contributed by atoms with E-state index in [1.807, 2.05) is 0 Å². The van der Waals surface area contributed by atoms with Crippen LogP contribution in [0.1, 0.15) is 0 Å². The molecule has 0 saturated heterocycles. The molecule has 0 aromatic rings. The fraction of sp³-hybridized carbons (Fsp3) is 0.167. The van der Waals surface area contributed by atoms with Gasteiger partial charge in [0.2, 0.25) is 0 Å². The summed E-state index contributed by atoms with van der Waals surface area (Å²) < 4.78 is -4.95. The maximum absolute atomic E-state index is 11.1. The first-order valence-electron chi connectivity index (χ1n) is 3.44. The summed E-state index contributed by atoms with van der Waals surface area (Å²) in [7, 11) is 0. The summed E-state index contributed by atoms with van der Waals surface area (Å²) in [5, 5.41) is 0. The van der Waals surface area contributed by atoms with E-state index in [0.29, 0.717) is 0 Å². The van der Waals surface area contributed by atoms with Crippen LogP contribution in [0.3, 0.4) is 0 Å². The van der Waals surface area contributed by atoms with Gasteiger partial charge in [0.25, 0.3) is 0 Å². The Morgan fingerprint density at radius 1 is 0.800 bits per heavy atom. The van der Waals surface area contributed by atoms with E-state index >= 15 is 0 Å². The van der Waals surface area contributed by atoms with Gasteiger partial charge in [0.15, 0.2) is 0 Å². The molecule has 0 aliphatic heterocycles. The quantitative estimate of drug-likeness (QED) is 0.397. The molecule has 0 bridgehead atoms. The Labute approximate surface area is 93.3 Å². The van der Waals surface area contributed by atoms with E-state index in [2.05, 4.69) is 0 Å². The molecule has 0 aliphatic rings. The van der Waals surface area contributed by atoms with E-state index in [4.69, 9.17) is 22.5 Å². The summed E-state index contributed by atoms with van der Waals surface area (Å²) in [6.45, 7) is 1.04. The molecule has 0 spiro atoms. The second-order valence-corrected chi connectivity index (χ2v) is 38.5. The fourth-order valence-corrected chi connectivity index (χ4v) is 15.3. The number of hydrogen-bond donors (Lipinski definition) is 0. The first-order valence-corrected chi connectivity index (χ1v) is 16.7. The Kier molecular flexibility index (Phi) is 3.54. The van der Waals surface area contributed by atoms with E-state index in [9.17, 15) is 24.0 Å². The second kappa shape index (κ2) is 3.53. The van der Waals surface area contributed by atoms with Gasteiger partial charge in [0.1, 0.15) is 0 Å². The van der Waals surface area contributed by atoms with Crippen LogP contribution in [0, 0.1) is 0 Å². The predicted octanol–water partition coefficient (Wildman–Crippen LogP) is 0.765. The average molecular weight is 359 g/mol. The van der Waals surface area contributed by atoms with Gasteiger partial charge in [-0.25, -0.2) is 0 Å². The van der Waals surface area contributed by atoms with Crippen molar-refractivity contribution in [3.63, 3.8) is 0 Å². The van der Waals surface area contributed by atoms with Crippen molar-refractivity contribution in [1.82, 2.24) is 0 Å². The first-order chi connectivity index (χ1) is 6.68. The Morgan fingerprint density at radius 3 is 1.00 bits per heavy atom. The number of rotatable bonds is 6. The molecular formula is C6H9Cl2MoO5P. The zero-order valence-electron chi connectivity index (χ0n) is 7.59. The molecule has 0 amide bonds. The van der Waals surface area contributed by atoms with E-state index in [1.165, 1.54) is 0 Å². The van der Waals surface area contributed by atoms with Crippen LogP contribution >= 0.6 is 26.5 Å². The van der Waals surface area contributed by atoms with E-state index < -0.39 is 17.1 Å². The van der Waals surface area contributed by atoms with E-state index in [-0.39, 0.29) is 23.4 Å². The van der Waals surface area contributed by atoms with Crippen LogP contribution in [-0.4, -0.2) is 30.0 Å². The topological polar surface area (TPSA) is 85.3 Å². The molecule has 0 atom stereocenters. The zero-order chi connectivity index (χ0) is 12.4. The molecule has 0 saturated carbocycles. The third-order valence-corrected chi connectivity index (χ3v) is 45.0. The van der Waals surface area contributed by atoms with Crippen molar-refractivity contribution in [2.24, 2.45) is 0 Å². The molecule has 0 rings (SSSR count). The van der Waals surface area contributed by atoms with Gasteiger partial charge in [0, 0.05) is 0 Å². The van der Waals surface area contributed by atoms with Crippen LogP contribution in [0.5, 0.6) is 0 Å². The maximum atomic E-state index is 11.1. The summed E-state index contributed by atoms with van der Waals surface area (Å²) in [4.78, 5) is 55.3. The third kappa shape index (κ3) is 1.27. The minimum absolute atomic E-state index is 0.200. The van der Waals surface area contributed by atoms with Crippen molar-refractivity contribution >= 4 is 49.9 Å². The van der Waals surface area contributed by atoms with Gasteiger partial charge < -0.3 is 0 Å². The molecule has 0 aliphatic carbocycles. The monoisotopic (exact) mass is 360 g/mol. The van der Waals surface area contributed by atoms with Crippen LogP contribution in [0.25, 0.3) is 0 Å². The Morgan fingerprint density at radius 2 is 1.00 bits per heavy atom. The number of halogens is 2. The number of hydrogen-bond acceptors (Lipinski definition) is 5. The van der Waals surface area contributed by atoms with Crippen molar-refractivity contribution in [3.8, 4) is 0 Å². The minimum atomic E-state index is -6.59. The van der Waals surface area contributed by atoms with Crippen LogP contribution in [0.4, 0.5) is 0 Å². The molecule has 88 valence electrons. The van der Waals surface area contributed by atoms with Crippen molar-refractivity contribution in [2.45, 2.75) is 0 Å². The second-order valence-electron chi connectivity index (χ2n) is 3.24. The van der Waals surface area contributed by atoms with Crippen LogP contribution < -0.4 is 0 Å². The summed E-state index contributed by atoms with van der Waals surface area (Å²) >= 11 is 4.81. The molecule has 0 radical (unpaired) electrons. The van der Waals surface area contributed by atoms with Crippen LogP contribution in [0.15, 0.2) is 0 Å². The molecule has 0 N–H and O–H groups in total. The number of carbonyl (C=O) groups excluding carboxylic acids is 5. The van der Waals surface area contributed by atoms with Crippen molar-refractivity contribution < 1.29 is 37.0 Å². The SMILES string of the molecule is C[PH](Cl)(Cl)[Mo]([CH]=O)([CH]=O)([CH]=O)([CH]=O)[CH]=O. The predicted molar refractivity (Wildman–Crippen MR) is 59.7 cm³/mol. The molecule has 0 unspecified atom stereocenters. The van der Waals surface area contributed by atoms with Gasteiger partial charge in [-0.3, -0.25) is 0 Å². The van der Waals surface area contributed by atoms with Crippen LogP contribution in [0.2, 0.25) is 0 Å². The summed E-state index contributed by atoms with van der Waals surface area (Å²) in [5.41, 5.74) is 0. The first kappa shape index (κ1) is 15.0. The molecular weight excluding hydrogens is 350 g/mol. The fourth-order valence-electron chi connectivity index (χ4n) is 0.649. The molecule has 0 aromatic heterocycles. The zero-order valence-corrected chi connectivity index (χ0v) is 12.1. The van der Waals surface area contributed by atoms with Gasteiger partial charge >= 0.3 is 93.6 Å². The summed E-state index contributed by atoms with van der Waals surface area (Å²) in [6, 6.07) is 0. The van der Waals surface area contributed by atoms with Gasteiger partial charge in [-0.15, -0.1) is 0 Å². The Hall–Kier alpha value is 0.0483. The Balaban J connectivity index is 6.87. The molecule has 5 nitrogen and oxygen atoms in total. The van der Waals surface area contributed by atoms with Crippen molar-refractivity contribution in [2.75, 3.05) is 6.66 Å². The van der Waals surface area contributed by atoms with Gasteiger partial charge in [-0.1, -0.05) is 0 Å².